The molecule has 156 valence electrons. The molecule has 1 aliphatic rings. The van der Waals surface area contributed by atoms with Gasteiger partial charge in [-0.15, -0.1) is 10.2 Å². The molecule has 0 amide bonds. The van der Waals surface area contributed by atoms with Gasteiger partial charge in [0.2, 0.25) is 0 Å². The van der Waals surface area contributed by atoms with E-state index in [1.807, 2.05) is 48.7 Å². The largest absolute Gasteiger partial charge is 0.335 e. The predicted octanol–water partition coefficient (Wildman–Crippen LogP) is 2.91. The van der Waals surface area contributed by atoms with Crippen molar-refractivity contribution in [2.24, 2.45) is 4.99 Å². The van der Waals surface area contributed by atoms with Gasteiger partial charge in [0.05, 0.1) is 18.0 Å². The minimum absolute atomic E-state index is 0.217. The van der Waals surface area contributed by atoms with E-state index < -0.39 is 16.3 Å². The lowest BCUT2D eigenvalue weighted by Gasteiger charge is -2.13. The maximum absolute atomic E-state index is 11.9. The maximum Gasteiger partial charge on any atom is 0.335 e. The second-order valence-corrected chi connectivity index (χ2v) is 8.89. The smallest absolute Gasteiger partial charge is 0.281 e. The van der Waals surface area contributed by atoms with Gasteiger partial charge >= 0.3 is 10.3 Å². The van der Waals surface area contributed by atoms with Gasteiger partial charge in [-0.1, -0.05) is 35.4 Å². The van der Waals surface area contributed by atoms with E-state index in [1.165, 1.54) is 7.05 Å². The fourth-order valence-electron chi connectivity index (χ4n) is 3.37. The summed E-state index contributed by atoms with van der Waals surface area (Å²) in [4.78, 5) is 4.88. The number of hydrogen-bond donors (Lipinski definition) is 1. The van der Waals surface area contributed by atoms with Gasteiger partial charge in [0, 0.05) is 23.2 Å². The molecular formula is C20H20ClN5O3S. The Morgan fingerprint density at radius 1 is 1.13 bits per heavy atom. The molecule has 0 saturated carbocycles. The lowest BCUT2D eigenvalue weighted by molar-refractivity contribution is 0.285. The number of rotatable bonds is 5. The summed E-state index contributed by atoms with van der Waals surface area (Å²) in [5, 5.41) is 9.08. The van der Waals surface area contributed by atoms with Crippen molar-refractivity contribution < 1.29 is 12.6 Å². The second-order valence-electron chi connectivity index (χ2n) is 6.90. The first-order valence-corrected chi connectivity index (χ1v) is 11.0. The van der Waals surface area contributed by atoms with E-state index in [-0.39, 0.29) is 6.61 Å². The zero-order chi connectivity index (χ0) is 21.5. The van der Waals surface area contributed by atoms with Crippen molar-refractivity contribution in [2.75, 3.05) is 13.7 Å². The van der Waals surface area contributed by atoms with Crippen molar-refractivity contribution >= 4 is 27.6 Å². The average Bonchev–Trinajstić information content (AvgIpc) is 3.04. The number of fused-ring (bicyclic) bond motifs is 3. The normalized spacial score (nSPS) is 15.9. The third-order valence-corrected chi connectivity index (χ3v) is 6.03. The van der Waals surface area contributed by atoms with Crippen molar-refractivity contribution in [3.8, 4) is 5.69 Å². The first-order chi connectivity index (χ1) is 14.3. The summed E-state index contributed by atoms with van der Waals surface area (Å²) >= 11 is 6.07. The molecular weight excluding hydrogens is 426 g/mol. The summed E-state index contributed by atoms with van der Waals surface area (Å²) in [6.45, 7) is 3.63. The fourth-order valence-corrected chi connectivity index (χ4v) is 3.92. The van der Waals surface area contributed by atoms with Crippen LogP contribution in [0.4, 0.5) is 0 Å². The highest BCUT2D eigenvalue weighted by Gasteiger charge is 2.29. The molecule has 4 rings (SSSR count). The highest BCUT2D eigenvalue weighted by atomic mass is 35.5. The topological polar surface area (TPSA) is 98.5 Å². The van der Waals surface area contributed by atoms with Crippen LogP contribution in [0.1, 0.15) is 34.4 Å². The zero-order valence-electron chi connectivity index (χ0n) is 16.6. The second kappa shape index (κ2) is 7.92. The minimum atomic E-state index is -3.88. The summed E-state index contributed by atoms with van der Waals surface area (Å²) in [6.07, 6.45) is 0. The number of aryl methyl sites for hydroxylation is 2. The van der Waals surface area contributed by atoms with Gasteiger partial charge < -0.3 is 0 Å². The molecule has 1 atom stereocenters. The van der Waals surface area contributed by atoms with Gasteiger partial charge in [0.1, 0.15) is 11.9 Å². The van der Waals surface area contributed by atoms with E-state index in [1.54, 1.807) is 12.1 Å². The van der Waals surface area contributed by atoms with Crippen molar-refractivity contribution in [3.05, 3.63) is 75.8 Å². The molecule has 30 heavy (non-hydrogen) atoms. The Kier molecular flexibility index (Phi) is 5.46. The van der Waals surface area contributed by atoms with Gasteiger partial charge in [0.15, 0.2) is 5.82 Å². The Balaban J connectivity index is 1.93. The standard InChI is InChI=1S/C20H20ClN5O3S/c1-12-4-9-18-16(10-12)19(14-5-7-15(21)8-6-14)23-17(11-29-30(27,28)22-3)20-25-24-13(2)26(18)20/h4-10,17,22H,11H2,1-3H3/t17-/m0/s1. The van der Waals surface area contributed by atoms with Crippen LogP contribution >= 0.6 is 11.6 Å². The number of nitrogens with zero attached hydrogens (tertiary/aromatic N) is 4. The summed E-state index contributed by atoms with van der Waals surface area (Å²) < 4.78 is 32.9. The third-order valence-electron chi connectivity index (χ3n) is 4.83. The van der Waals surface area contributed by atoms with Gasteiger partial charge in [0.25, 0.3) is 0 Å². The molecule has 0 fully saturated rings. The lowest BCUT2D eigenvalue weighted by Crippen LogP contribution is -2.24. The first-order valence-electron chi connectivity index (χ1n) is 9.24. The summed E-state index contributed by atoms with van der Waals surface area (Å²) in [5.74, 6) is 1.18. The molecule has 2 aromatic carbocycles. The molecule has 0 radical (unpaired) electrons. The third kappa shape index (κ3) is 3.89. The van der Waals surface area contributed by atoms with Gasteiger partial charge in [-0.2, -0.15) is 13.1 Å². The molecule has 8 nitrogen and oxygen atoms in total. The van der Waals surface area contributed by atoms with Crippen LogP contribution in [-0.4, -0.2) is 42.5 Å². The number of halogens is 1. The molecule has 1 aromatic heterocycles. The molecule has 1 N–H and O–H groups in total. The number of hydrogen-bond acceptors (Lipinski definition) is 6. The van der Waals surface area contributed by atoms with Crippen LogP contribution < -0.4 is 4.72 Å². The van der Waals surface area contributed by atoms with Crippen molar-refractivity contribution in [1.29, 1.82) is 0 Å². The molecule has 2 heterocycles. The summed E-state index contributed by atoms with van der Waals surface area (Å²) in [5.41, 5.74) is 4.37. The first kappa shape index (κ1) is 20.7. The maximum atomic E-state index is 11.9. The van der Waals surface area contributed by atoms with Crippen LogP contribution in [0.2, 0.25) is 5.02 Å². The highest BCUT2D eigenvalue weighted by Crippen LogP contribution is 2.32. The van der Waals surface area contributed by atoms with Crippen molar-refractivity contribution in [2.45, 2.75) is 19.9 Å². The molecule has 3 aromatic rings. The van der Waals surface area contributed by atoms with Crippen LogP contribution in [0, 0.1) is 13.8 Å². The van der Waals surface area contributed by atoms with Crippen LogP contribution in [0.5, 0.6) is 0 Å². The van der Waals surface area contributed by atoms with Crippen molar-refractivity contribution in [1.82, 2.24) is 19.5 Å². The van der Waals surface area contributed by atoms with E-state index >= 15 is 0 Å². The minimum Gasteiger partial charge on any atom is -0.281 e. The predicted molar refractivity (Wildman–Crippen MR) is 115 cm³/mol. The van der Waals surface area contributed by atoms with E-state index in [4.69, 9.17) is 20.8 Å². The van der Waals surface area contributed by atoms with Crippen molar-refractivity contribution in [3.63, 3.8) is 0 Å². The molecule has 0 saturated heterocycles. The van der Waals surface area contributed by atoms with Gasteiger partial charge in [-0.25, -0.2) is 0 Å². The lowest BCUT2D eigenvalue weighted by atomic mass is 9.98. The number of nitrogens with one attached hydrogen (secondary N) is 1. The van der Waals surface area contributed by atoms with Crippen LogP contribution in [0.25, 0.3) is 5.69 Å². The van der Waals surface area contributed by atoms with E-state index in [0.717, 1.165) is 22.4 Å². The van der Waals surface area contributed by atoms with Crippen LogP contribution in [0.3, 0.4) is 0 Å². The molecule has 0 spiro atoms. The Morgan fingerprint density at radius 3 is 2.57 bits per heavy atom. The Bertz CT molecular complexity index is 1240. The molecule has 0 unspecified atom stereocenters. The monoisotopic (exact) mass is 445 g/mol. The average molecular weight is 446 g/mol. The Hall–Kier alpha value is -2.59. The Labute approximate surface area is 179 Å². The summed E-state index contributed by atoms with van der Waals surface area (Å²) in [6, 6.07) is 12.7. The zero-order valence-corrected chi connectivity index (χ0v) is 18.2. The van der Waals surface area contributed by atoms with Crippen LogP contribution in [0.15, 0.2) is 47.5 Å². The summed E-state index contributed by atoms with van der Waals surface area (Å²) in [7, 11) is -2.59. The highest BCUT2D eigenvalue weighted by molar-refractivity contribution is 7.84. The Morgan fingerprint density at radius 2 is 1.87 bits per heavy atom. The van der Waals surface area contributed by atoms with E-state index in [2.05, 4.69) is 14.9 Å². The fraction of sp³-hybridized carbons (Fsp3) is 0.250. The van der Waals surface area contributed by atoms with E-state index in [9.17, 15) is 8.42 Å². The number of aromatic nitrogens is 3. The number of benzene rings is 2. The molecule has 10 heteroatoms. The molecule has 0 aliphatic carbocycles. The van der Waals surface area contributed by atoms with E-state index in [0.29, 0.717) is 22.4 Å². The van der Waals surface area contributed by atoms with Crippen LogP contribution in [-0.2, 0) is 14.5 Å². The van der Waals surface area contributed by atoms with Gasteiger partial charge in [-0.05, 0) is 38.1 Å². The quantitative estimate of drug-likeness (QED) is 0.651. The molecule has 1 aliphatic heterocycles. The number of aliphatic imine (C=N–C) groups is 1. The van der Waals surface area contributed by atoms with Gasteiger partial charge in [-0.3, -0.25) is 13.7 Å². The SMILES string of the molecule is CNS(=O)(=O)OC[C@@H]1N=C(c2ccc(Cl)cc2)c2cc(C)ccc2-n2c(C)nnc21. The molecule has 0 bridgehead atoms.